The fourth-order valence-corrected chi connectivity index (χ4v) is 2.69. The van der Waals surface area contributed by atoms with Crippen LogP contribution in [0, 0.1) is 0 Å². The second-order valence-electron chi connectivity index (χ2n) is 5.61. The molecule has 1 N–H and O–H groups in total. The van der Waals surface area contributed by atoms with Gasteiger partial charge < -0.3 is 5.11 Å². The summed E-state index contributed by atoms with van der Waals surface area (Å²) in [6.45, 7) is 4.45. The summed E-state index contributed by atoms with van der Waals surface area (Å²) in [6.07, 6.45) is 9.23. The van der Waals surface area contributed by atoms with Gasteiger partial charge >= 0.3 is 0 Å². The molecular weight excluding hydrogens is 232 g/mol. The van der Waals surface area contributed by atoms with Crippen molar-refractivity contribution in [3.8, 4) is 0 Å². The van der Waals surface area contributed by atoms with E-state index in [9.17, 15) is 5.11 Å². The lowest BCUT2D eigenvalue weighted by Crippen LogP contribution is -2.12. The van der Waals surface area contributed by atoms with Gasteiger partial charge in [-0.3, -0.25) is 0 Å². The Labute approximate surface area is 119 Å². The van der Waals surface area contributed by atoms with Crippen molar-refractivity contribution in [1.29, 1.82) is 0 Å². The Hall–Kier alpha value is -0.820. The summed E-state index contributed by atoms with van der Waals surface area (Å²) in [5.41, 5.74) is 1.37. The number of hydrogen-bond acceptors (Lipinski definition) is 1. The van der Waals surface area contributed by atoms with Crippen molar-refractivity contribution < 1.29 is 5.11 Å². The smallest absolute Gasteiger partial charge is 0.0546 e. The van der Waals surface area contributed by atoms with Gasteiger partial charge in [0.05, 0.1) is 6.10 Å². The summed E-state index contributed by atoms with van der Waals surface area (Å²) in [7, 11) is 0. The quantitative estimate of drug-likeness (QED) is 0.568. The standard InChI is InChI=1S/C18H30O/c1-3-5-6-7-11-14-18(19)15-16(4-2)17-12-9-8-10-13-17/h8-10,12-13,16,18-19H,3-7,11,14-15H2,1-2H3. The molecule has 0 aromatic heterocycles. The average Bonchev–Trinajstić information content (AvgIpc) is 2.45. The van der Waals surface area contributed by atoms with Gasteiger partial charge in [0.25, 0.3) is 0 Å². The van der Waals surface area contributed by atoms with Crippen LogP contribution in [0.15, 0.2) is 30.3 Å². The predicted octanol–water partition coefficient (Wildman–Crippen LogP) is 5.29. The topological polar surface area (TPSA) is 20.2 Å². The lowest BCUT2D eigenvalue weighted by Gasteiger charge is -2.19. The molecule has 0 aliphatic rings. The summed E-state index contributed by atoms with van der Waals surface area (Å²) in [5, 5.41) is 10.2. The van der Waals surface area contributed by atoms with Gasteiger partial charge in [-0.05, 0) is 30.7 Å². The molecule has 19 heavy (non-hydrogen) atoms. The molecule has 1 heteroatoms. The summed E-state index contributed by atoms with van der Waals surface area (Å²) < 4.78 is 0. The van der Waals surface area contributed by atoms with Gasteiger partial charge in [-0.25, -0.2) is 0 Å². The normalized spacial score (nSPS) is 14.3. The Morgan fingerprint density at radius 3 is 2.26 bits per heavy atom. The fourth-order valence-electron chi connectivity index (χ4n) is 2.69. The Kier molecular flexibility index (Phi) is 8.57. The first-order valence-electron chi connectivity index (χ1n) is 8.00. The first kappa shape index (κ1) is 16.2. The van der Waals surface area contributed by atoms with Crippen molar-refractivity contribution in [2.24, 2.45) is 0 Å². The number of rotatable bonds is 10. The second kappa shape index (κ2) is 10.0. The zero-order valence-corrected chi connectivity index (χ0v) is 12.6. The Bertz CT molecular complexity index is 307. The van der Waals surface area contributed by atoms with Gasteiger partial charge in [0.15, 0.2) is 0 Å². The molecule has 1 aromatic carbocycles. The molecule has 0 spiro atoms. The average molecular weight is 262 g/mol. The third-order valence-corrected chi connectivity index (χ3v) is 3.96. The van der Waals surface area contributed by atoms with Gasteiger partial charge in [-0.1, -0.05) is 76.3 Å². The molecule has 0 aliphatic heterocycles. The molecule has 0 fully saturated rings. The molecule has 0 saturated heterocycles. The molecule has 2 unspecified atom stereocenters. The van der Waals surface area contributed by atoms with Crippen LogP contribution in [-0.2, 0) is 0 Å². The van der Waals surface area contributed by atoms with Crippen LogP contribution >= 0.6 is 0 Å². The van der Waals surface area contributed by atoms with E-state index in [1.165, 1.54) is 37.7 Å². The molecule has 108 valence electrons. The number of hydrogen-bond donors (Lipinski definition) is 1. The van der Waals surface area contributed by atoms with Crippen molar-refractivity contribution in [2.45, 2.75) is 77.2 Å². The van der Waals surface area contributed by atoms with E-state index in [1.807, 2.05) is 0 Å². The summed E-state index contributed by atoms with van der Waals surface area (Å²) >= 11 is 0. The van der Waals surface area contributed by atoms with Crippen molar-refractivity contribution in [2.75, 3.05) is 0 Å². The van der Waals surface area contributed by atoms with Crippen molar-refractivity contribution >= 4 is 0 Å². The van der Waals surface area contributed by atoms with Crippen LogP contribution in [0.3, 0.4) is 0 Å². The highest BCUT2D eigenvalue weighted by Crippen LogP contribution is 2.26. The highest BCUT2D eigenvalue weighted by Gasteiger charge is 2.14. The van der Waals surface area contributed by atoms with Gasteiger partial charge in [0, 0.05) is 0 Å². The van der Waals surface area contributed by atoms with E-state index >= 15 is 0 Å². The highest BCUT2D eigenvalue weighted by molar-refractivity contribution is 5.19. The Balaban J connectivity index is 2.27. The van der Waals surface area contributed by atoms with E-state index in [0.717, 1.165) is 19.3 Å². The largest absolute Gasteiger partial charge is 0.393 e. The molecule has 1 aromatic rings. The lowest BCUT2D eigenvalue weighted by molar-refractivity contribution is 0.141. The van der Waals surface area contributed by atoms with Crippen LogP contribution in [-0.4, -0.2) is 11.2 Å². The molecule has 0 radical (unpaired) electrons. The lowest BCUT2D eigenvalue weighted by atomic mass is 9.89. The van der Waals surface area contributed by atoms with E-state index in [4.69, 9.17) is 0 Å². The van der Waals surface area contributed by atoms with Gasteiger partial charge in [-0.15, -0.1) is 0 Å². The molecule has 0 aliphatic carbocycles. The van der Waals surface area contributed by atoms with Gasteiger partial charge in [-0.2, -0.15) is 0 Å². The van der Waals surface area contributed by atoms with E-state index in [0.29, 0.717) is 5.92 Å². The van der Waals surface area contributed by atoms with Crippen LogP contribution in [0.4, 0.5) is 0 Å². The fraction of sp³-hybridized carbons (Fsp3) is 0.667. The van der Waals surface area contributed by atoms with Gasteiger partial charge in [0.2, 0.25) is 0 Å². The minimum atomic E-state index is -0.133. The van der Waals surface area contributed by atoms with Crippen LogP contribution in [0.5, 0.6) is 0 Å². The van der Waals surface area contributed by atoms with E-state index in [-0.39, 0.29) is 6.10 Å². The van der Waals surface area contributed by atoms with Crippen LogP contribution in [0.1, 0.15) is 76.7 Å². The second-order valence-corrected chi connectivity index (χ2v) is 5.61. The maximum absolute atomic E-state index is 10.2. The van der Waals surface area contributed by atoms with E-state index in [2.05, 4.69) is 44.2 Å². The van der Waals surface area contributed by atoms with Crippen LogP contribution < -0.4 is 0 Å². The highest BCUT2D eigenvalue weighted by atomic mass is 16.3. The maximum Gasteiger partial charge on any atom is 0.0546 e. The molecule has 0 saturated carbocycles. The van der Waals surface area contributed by atoms with Crippen molar-refractivity contribution in [3.63, 3.8) is 0 Å². The number of benzene rings is 1. The monoisotopic (exact) mass is 262 g/mol. The zero-order chi connectivity index (χ0) is 13.9. The maximum atomic E-state index is 10.2. The number of aliphatic hydroxyl groups is 1. The number of aliphatic hydroxyl groups excluding tert-OH is 1. The summed E-state index contributed by atoms with van der Waals surface area (Å²) in [5.74, 6) is 0.506. The zero-order valence-electron chi connectivity index (χ0n) is 12.6. The number of unbranched alkanes of at least 4 members (excludes halogenated alkanes) is 4. The third-order valence-electron chi connectivity index (χ3n) is 3.96. The van der Waals surface area contributed by atoms with Gasteiger partial charge in [0.1, 0.15) is 0 Å². The molecule has 0 amide bonds. The predicted molar refractivity (Wildman–Crippen MR) is 83.5 cm³/mol. The summed E-state index contributed by atoms with van der Waals surface area (Å²) in [4.78, 5) is 0. The molecule has 1 rings (SSSR count). The first-order chi connectivity index (χ1) is 9.27. The van der Waals surface area contributed by atoms with E-state index < -0.39 is 0 Å². The minimum absolute atomic E-state index is 0.133. The van der Waals surface area contributed by atoms with Crippen molar-refractivity contribution in [1.82, 2.24) is 0 Å². The molecule has 0 bridgehead atoms. The molecular formula is C18H30O. The molecule has 2 atom stereocenters. The first-order valence-corrected chi connectivity index (χ1v) is 8.00. The van der Waals surface area contributed by atoms with Crippen LogP contribution in [0.25, 0.3) is 0 Å². The van der Waals surface area contributed by atoms with Crippen LogP contribution in [0.2, 0.25) is 0 Å². The SMILES string of the molecule is CCCCCCCC(O)CC(CC)c1ccccc1. The Morgan fingerprint density at radius 2 is 1.63 bits per heavy atom. The van der Waals surface area contributed by atoms with E-state index in [1.54, 1.807) is 0 Å². The van der Waals surface area contributed by atoms with Crippen molar-refractivity contribution in [3.05, 3.63) is 35.9 Å². The Morgan fingerprint density at radius 1 is 0.947 bits per heavy atom. The molecule has 0 heterocycles. The third kappa shape index (κ3) is 6.77. The summed E-state index contributed by atoms with van der Waals surface area (Å²) in [6, 6.07) is 10.6. The molecule has 1 nitrogen and oxygen atoms in total. The minimum Gasteiger partial charge on any atom is -0.393 e.